The molecule has 0 amide bonds. The van der Waals surface area contributed by atoms with Crippen molar-refractivity contribution in [1.82, 2.24) is 0 Å². The van der Waals surface area contributed by atoms with Crippen LogP contribution in [0.15, 0.2) is 60.7 Å². The second kappa shape index (κ2) is 14.7. The first-order valence-electron chi connectivity index (χ1n) is 14.0. The van der Waals surface area contributed by atoms with Crippen molar-refractivity contribution < 1.29 is 57.8 Å². The van der Waals surface area contributed by atoms with E-state index in [0.29, 0.717) is 12.1 Å². The van der Waals surface area contributed by atoms with E-state index in [-0.39, 0.29) is 28.8 Å². The van der Waals surface area contributed by atoms with Crippen molar-refractivity contribution in [2.45, 2.75) is 45.1 Å². The second-order valence-corrected chi connectivity index (χ2v) is 10.2. The Morgan fingerprint density at radius 2 is 1.10 bits per heavy atom. The molecule has 0 fully saturated rings. The van der Waals surface area contributed by atoms with Gasteiger partial charge >= 0.3 is 12.5 Å². The Labute approximate surface area is 267 Å². The van der Waals surface area contributed by atoms with Gasteiger partial charge in [-0.25, -0.2) is 26.3 Å². The molecule has 250 valence electrons. The van der Waals surface area contributed by atoms with Crippen molar-refractivity contribution >= 4 is 0 Å². The van der Waals surface area contributed by atoms with Crippen LogP contribution < -0.4 is 9.47 Å². The van der Waals surface area contributed by atoms with E-state index in [2.05, 4.69) is 40.1 Å². The van der Waals surface area contributed by atoms with Crippen molar-refractivity contribution in [3.63, 3.8) is 0 Å². The minimum absolute atomic E-state index is 0.106. The lowest BCUT2D eigenvalue weighted by atomic mass is 10.0. The molecule has 4 aromatic carbocycles. The van der Waals surface area contributed by atoms with Gasteiger partial charge in [0.15, 0.2) is 11.6 Å². The number of hydrogen-bond donors (Lipinski definition) is 0. The van der Waals surface area contributed by atoms with Crippen LogP contribution >= 0.6 is 0 Å². The molecule has 0 aliphatic heterocycles. The third-order valence-electron chi connectivity index (χ3n) is 6.52. The molecular formula is C35H21F11O2. The normalized spacial score (nSPS) is 11.3. The molecule has 0 aliphatic carbocycles. The van der Waals surface area contributed by atoms with Crippen molar-refractivity contribution in [3.05, 3.63) is 129 Å². The molecule has 0 radical (unpaired) electrons. The molecule has 0 aliphatic rings. The van der Waals surface area contributed by atoms with E-state index < -0.39 is 70.0 Å². The lowest BCUT2D eigenvalue weighted by Crippen LogP contribution is -2.25. The average Bonchev–Trinajstić information content (AvgIpc) is 2.97. The van der Waals surface area contributed by atoms with Crippen molar-refractivity contribution in [1.29, 1.82) is 0 Å². The van der Waals surface area contributed by atoms with Crippen molar-refractivity contribution in [2.75, 3.05) is 0 Å². The molecule has 0 spiro atoms. The van der Waals surface area contributed by atoms with Crippen LogP contribution in [-0.2, 0) is 12.5 Å². The number of benzene rings is 4. The highest BCUT2D eigenvalue weighted by atomic mass is 19.4. The van der Waals surface area contributed by atoms with E-state index in [4.69, 9.17) is 0 Å². The third-order valence-corrected chi connectivity index (χ3v) is 6.52. The lowest BCUT2D eigenvalue weighted by molar-refractivity contribution is -0.276. The van der Waals surface area contributed by atoms with Crippen molar-refractivity contribution in [3.8, 4) is 35.2 Å². The molecule has 4 aromatic rings. The van der Waals surface area contributed by atoms with Crippen LogP contribution in [0.1, 0.15) is 59.6 Å². The largest absolute Gasteiger partial charge is 0.573 e. The quantitative estimate of drug-likeness (QED) is 0.105. The fourth-order valence-corrected chi connectivity index (χ4v) is 4.30. The molecule has 13 heteroatoms. The standard InChI is InChI=1S/C35H21F11O2/c1-2-3-4-5-20-6-10-23(26(36)14-20)11-7-21-8-12-24(27(37)15-21)13-9-22-16-28(38)32(29(39)17-22)34(42,43)47-25-18-30(40)33(31(41)19-25)48-35(44,45)46/h6,8,10,12,14-19H,2-5H2,1H3. The van der Waals surface area contributed by atoms with Gasteiger partial charge in [0, 0.05) is 23.3 Å². The molecule has 48 heavy (non-hydrogen) atoms. The van der Waals surface area contributed by atoms with E-state index >= 15 is 0 Å². The van der Waals surface area contributed by atoms with Crippen LogP contribution in [0.2, 0.25) is 0 Å². The third kappa shape index (κ3) is 9.22. The van der Waals surface area contributed by atoms with Gasteiger partial charge in [-0.2, -0.15) is 8.78 Å². The summed E-state index contributed by atoms with van der Waals surface area (Å²) < 4.78 is 160. The number of ether oxygens (including phenoxy) is 2. The summed E-state index contributed by atoms with van der Waals surface area (Å²) in [5.74, 6) is -3.07. The minimum Gasteiger partial charge on any atom is -0.429 e. The second-order valence-electron chi connectivity index (χ2n) is 10.2. The maximum atomic E-state index is 14.7. The van der Waals surface area contributed by atoms with Gasteiger partial charge in [-0.15, -0.1) is 13.2 Å². The molecule has 0 bridgehead atoms. The summed E-state index contributed by atoms with van der Waals surface area (Å²) >= 11 is 0. The SMILES string of the molecule is CCCCCc1ccc(C#Cc2ccc(C#Cc3cc(F)c(C(F)(F)Oc4cc(F)c(OC(F)(F)F)c(F)c4)c(F)c3)c(F)c2)c(F)c1. The number of unbranched alkanes of at least 4 members (excludes halogenated alkanes) is 2. The van der Waals surface area contributed by atoms with E-state index in [1.165, 1.54) is 24.3 Å². The summed E-state index contributed by atoms with van der Waals surface area (Å²) in [4.78, 5) is 0. The van der Waals surface area contributed by atoms with Crippen LogP contribution in [-0.4, -0.2) is 6.36 Å². The van der Waals surface area contributed by atoms with E-state index in [9.17, 15) is 48.3 Å². The number of alkyl halides is 5. The van der Waals surface area contributed by atoms with Gasteiger partial charge in [-0.3, -0.25) is 0 Å². The smallest absolute Gasteiger partial charge is 0.429 e. The fourth-order valence-electron chi connectivity index (χ4n) is 4.30. The van der Waals surface area contributed by atoms with Crippen LogP contribution in [0.4, 0.5) is 48.3 Å². The zero-order valence-corrected chi connectivity index (χ0v) is 24.6. The molecule has 0 unspecified atom stereocenters. The average molecular weight is 683 g/mol. The highest BCUT2D eigenvalue weighted by Crippen LogP contribution is 2.38. The first-order chi connectivity index (χ1) is 22.6. The molecule has 4 rings (SSSR count). The predicted molar refractivity (Wildman–Crippen MR) is 152 cm³/mol. The monoisotopic (exact) mass is 682 g/mol. The maximum absolute atomic E-state index is 14.7. The Morgan fingerprint density at radius 1 is 0.562 bits per heavy atom. The van der Waals surface area contributed by atoms with Gasteiger partial charge in [-0.05, 0) is 60.9 Å². The Bertz CT molecular complexity index is 1900. The Morgan fingerprint density at radius 3 is 1.65 bits per heavy atom. The Kier molecular flexibility index (Phi) is 10.9. The lowest BCUT2D eigenvalue weighted by Gasteiger charge is -2.20. The van der Waals surface area contributed by atoms with Crippen LogP contribution in [0, 0.1) is 58.6 Å². The Hall–Kier alpha value is -5.17. The summed E-state index contributed by atoms with van der Waals surface area (Å²) in [6.07, 6.45) is -6.73. The van der Waals surface area contributed by atoms with Crippen LogP contribution in [0.5, 0.6) is 11.5 Å². The van der Waals surface area contributed by atoms with Gasteiger partial charge in [0.2, 0.25) is 5.75 Å². The summed E-state index contributed by atoms with van der Waals surface area (Å²) in [7, 11) is 0. The molecule has 2 nitrogen and oxygen atoms in total. The van der Waals surface area contributed by atoms with Gasteiger partial charge < -0.3 is 9.47 Å². The van der Waals surface area contributed by atoms with Gasteiger partial charge in [0.1, 0.15) is 34.6 Å². The summed E-state index contributed by atoms with van der Waals surface area (Å²) in [6.45, 7) is 2.06. The maximum Gasteiger partial charge on any atom is 0.573 e. The van der Waals surface area contributed by atoms with Crippen LogP contribution in [0.3, 0.4) is 0 Å². The fraction of sp³-hybridized carbons (Fsp3) is 0.200. The number of rotatable bonds is 8. The number of halogens is 11. The molecule has 0 saturated carbocycles. The predicted octanol–water partition coefficient (Wildman–Crippen LogP) is 10.1. The molecular weight excluding hydrogens is 661 g/mol. The van der Waals surface area contributed by atoms with Crippen molar-refractivity contribution in [2.24, 2.45) is 0 Å². The van der Waals surface area contributed by atoms with Crippen LogP contribution in [0.25, 0.3) is 0 Å². The zero-order valence-electron chi connectivity index (χ0n) is 24.6. The summed E-state index contributed by atoms with van der Waals surface area (Å²) in [6, 6.07) is 8.70. The molecule has 0 N–H and O–H groups in total. The first kappa shape index (κ1) is 35.7. The molecule has 0 heterocycles. The van der Waals surface area contributed by atoms with Gasteiger partial charge in [0.05, 0.1) is 11.1 Å². The Balaban J connectivity index is 1.50. The topological polar surface area (TPSA) is 18.5 Å². The van der Waals surface area contributed by atoms with E-state index in [0.717, 1.165) is 37.3 Å². The summed E-state index contributed by atoms with van der Waals surface area (Å²) in [5.41, 5.74) is -1.69. The zero-order chi connectivity index (χ0) is 35.2. The molecule has 0 saturated heterocycles. The highest BCUT2D eigenvalue weighted by molar-refractivity contribution is 5.49. The molecule has 0 atom stereocenters. The van der Waals surface area contributed by atoms with E-state index in [1.807, 2.05) is 0 Å². The molecule has 0 aromatic heterocycles. The number of aryl methyl sites for hydroxylation is 1. The first-order valence-corrected chi connectivity index (χ1v) is 14.0. The highest BCUT2D eigenvalue weighted by Gasteiger charge is 2.42. The summed E-state index contributed by atoms with van der Waals surface area (Å²) in [5, 5.41) is 0. The van der Waals surface area contributed by atoms with Gasteiger partial charge in [0.25, 0.3) is 0 Å². The van der Waals surface area contributed by atoms with Gasteiger partial charge in [-0.1, -0.05) is 49.5 Å². The van der Waals surface area contributed by atoms with E-state index in [1.54, 1.807) is 6.07 Å². The number of hydrogen-bond acceptors (Lipinski definition) is 2. The minimum atomic E-state index is -5.52.